The molecule has 4 aromatic rings. The van der Waals surface area contributed by atoms with Gasteiger partial charge in [-0.2, -0.15) is 0 Å². The average molecular weight is 416 g/mol. The van der Waals surface area contributed by atoms with Crippen LogP contribution in [-0.2, 0) is 4.74 Å². The van der Waals surface area contributed by atoms with Crippen LogP contribution in [0, 0.1) is 0 Å². The molecule has 32 heavy (non-hydrogen) atoms. The molecule has 6 rings (SSSR count). The van der Waals surface area contributed by atoms with E-state index in [4.69, 9.17) is 14.7 Å². The molecule has 0 bridgehead atoms. The number of hydrogen-bond donors (Lipinski definition) is 1. The molecule has 0 unspecified atom stereocenters. The lowest BCUT2D eigenvalue weighted by molar-refractivity contribution is 0.218. The van der Waals surface area contributed by atoms with Crippen LogP contribution in [0.1, 0.15) is 16.7 Å². The Morgan fingerprint density at radius 1 is 0.688 bits per heavy atom. The van der Waals surface area contributed by atoms with Crippen molar-refractivity contribution in [2.45, 2.75) is 12.3 Å². The van der Waals surface area contributed by atoms with E-state index in [9.17, 15) is 5.11 Å². The molecule has 0 amide bonds. The highest BCUT2D eigenvalue weighted by Gasteiger charge is 2.38. The Kier molecular flexibility index (Phi) is 4.36. The van der Waals surface area contributed by atoms with Gasteiger partial charge in [-0.3, -0.25) is 0 Å². The van der Waals surface area contributed by atoms with Crippen LogP contribution in [0.2, 0.25) is 0 Å². The SMILES string of the molecule is Oc1ccc2ccccc2c1C1=CC(c2ccccc2)=N[C@H]2OC(c3ccccc3)=N[C@H]12. The summed E-state index contributed by atoms with van der Waals surface area (Å²) in [4.78, 5) is 9.82. The molecule has 0 saturated heterocycles. The van der Waals surface area contributed by atoms with Crippen molar-refractivity contribution in [2.24, 2.45) is 9.98 Å². The molecule has 0 aliphatic carbocycles. The summed E-state index contributed by atoms with van der Waals surface area (Å²) in [5.74, 6) is 0.802. The van der Waals surface area contributed by atoms with E-state index in [1.54, 1.807) is 6.07 Å². The van der Waals surface area contributed by atoms with Gasteiger partial charge in [-0.1, -0.05) is 78.9 Å². The van der Waals surface area contributed by atoms with Crippen molar-refractivity contribution in [3.63, 3.8) is 0 Å². The van der Waals surface area contributed by atoms with Crippen LogP contribution in [0.25, 0.3) is 16.3 Å². The number of benzene rings is 4. The van der Waals surface area contributed by atoms with Gasteiger partial charge in [0, 0.05) is 11.1 Å². The van der Waals surface area contributed by atoms with Crippen LogP contribution < -0.4 is 0 Å². The molecule has 4 heteroatoms. The minimum atomic E-state index is -0.487. The van der Waals surface area contributed by atoms with Gasteiger partial charge >= 0.3 is 0 Å². The van der Waals surface area contributed by atoms with E-state index >= 15 is 0 Å². The summed E-state index contributed by atoms with van der Waals surface area (Å²) in [5, 5.41) is 13.0. The second kappa shape index (κ2) is 7.50. The van der Waals surface area contributed by atoms with E-state index in [1.807, 2.05) is 91.0 Å². The van der Waals surface area contributed by atoms with Gasteiger partial charge in [0.25, 0.3) is 0 Å². The van der Waals surface area contributed by atoms with Crippen molar-refractivity contribution in [1.29, 1.82) is 0 Å². The first-order chi connectivity index (χ1) is 15.8. The Labute approximate surface area is 185 Å². The second-order valence-electron chi connectivity index (χ2n) is 7.91. The molecule has 2 aliphatic heterocycles. The zero-order valence-corrected chi connectivity index (χ0v) is 17.2. The smallest absolute Gasteiger partial charge is 0.219 e. The summed E-state index contributed by atoms with van der Waals surface area (Å²) in [6.07, 6.45) is 1.55. The van der Waals surface area contributed by atoms with Crippen molar-refractivity contribution in [3.05, 3.63) is 120 Å². The van der Waals surface area contributed by atoms with Gasteiger partial charge in [-0.15, -0.1) is 0 Å². The molecular formula is C28H20N2O2. The zero-order chi connectivity index (χ0) is 21.5. The fraction of sp³-hybridized carbons (Fsp3) is 0.0714. The lowest BCUT2D eigenvalue weighted by atomic mass is 9.88. The zero-order valence-electron chi connectivity index (χ0n) is 17.2. The molecule has 4 aromatic carbocycles. The lowest BCUT2D eigenvalue weighted by Crippen LogP contribution is -2.28. The van der Waals surface area contributed by atoms with Crippen LogP contribution in [-0.4, -0.2) is 29.0 Å². The molecule has 0 aromatic heterocycles. The third-order valence-corrected chi connectivity index (χ3v) is 5.92. The number of rotatable bonds is 3. The molecule has 1 N–H and O–H groups in total. The van der Waals surface area contributed by atoms with Crippen molar-refractivity contribution in [2.75, 3.05) is 0 Å². The monoisotopic (exact) mass is 416 g/mol. The van der Waals surface area contributed by atoms with E-state index in [1.165, 1.54) is 0 Å². The Morgan fingerprint density at radius 2 is 1.38 bits per heavy atom. The fourth-order valence-electron chi connectivity index (χ4n) is 4.40. The number of nitrogens with zero attached hydrogens (tertiary/aromatic N) is 2. The molecular weight excluding hydrogens is 396 g/mol. The highest BCUT2D eigenvalue weighted by molar-refractivity contribution is 6.16. The van der Waals surface area contributed by atoms with E-state index in [-0.39, 0.29) is 11.8 Å². The molecule has 0 spiro atoms. The number of allylic oxidation sites excluding steroid dienone is 1. The predicted octanol–water partition coefficient (Wildman–Crippen LogP) is 5.60. The second-order valence-corrected chi connectivity index (χ2v) is 7.91. The molecule has 154 valence electrons. The summed E-state index contributed by atoms with van der Waals surface area (Å²) in [6.45, 7) is 0. The largest absolute Gasteiger partial charge is 0.507 e. The molecule has 0 saturated carbocycles. The lowest BCUT2D eigenvalue weighted by Gasteiger charge is -2.24. The van der Waals surface area contributed by atoms with E-state index in [0.29, 0.717) is 5.90 Å². The maximum atomic E-state index is 11.0. The van der Waals surface area contributed by atoms with Gasteiger partial charge in [-0.25, -0.2) is 9.98 Å². The minimum absolute atomic E-state index is 0.228. The topological polar surface area (TPSA) is 54.2 Å². The highest BCUT2D eigenvalue weighted by Crippen LogP contribution is 2.41. The number of aromatic hydroxyl groups is 1. The number of phenolic OH excluding ortho intramolecular Hbond substituents is 1. The van der Waals surface area contributed by atoms with Crippen molar-refractivity contribution >= 4 is 28.0 Å². The Balaban J connectivity index is 1.56. The molecule has 2 heterocycles. The van der Waals surface area contributed by atoms with Crippen LogP contribution in [0.4, 0.5) is 0 Å². The number of hydrogen-bond acceptors (Lipinski definition) is 4. The van der Waals surface area contributed by atoms with Crippen LogP contribution >= 0.6 is 0 Å². The molecule has 2 aliphatic rings. The van der Waals surface area contributed by atoms with Crippen molar-refractivity contribution in [1.82, 2.24) is 0 Å². The maximum Gasteiger partial charge on any atom is 0.219 e. The highest BCUT2D eigenvalue weighted by atomic mass is 16.5. The first-order valence-corrected chi connectivity index (χ1v) is 10.6. The van der Waals surface area contributed by atoms with Crippen LogP contribution in [0.5, 0.6) is 5.75 Å². The van der Waals surface area contributed by atoms with Crippen molar-refractivity contribution < 1.29 is 9.84 Å². The number of aliphatic imine (C=N–C) groups is 2. The number of ether oxygens (including phenoxy) is 1. The molecule has 0 fully saturated rings. The Morgan fingerprint density at radius 3 is 2.16 bits per heavy atom. The normalized spacial score (nSPS) is 19.6. The summed E-state index contributed by atoms with van der Waals surface area (Å²) in [6, 6.07) is 31.3. The van der Waals surface area contributed by atoms with Gasteiger partial charge in [0.15, 0.2) is 0 Å². The third kappa shape index (κ3) is 3.08. The first kappa shape index (κ1) is 18.6. The van der Waals surface area contributed by atoms with Crippen LogP contribution in [0.15, 0.2) is 113 Å². The average Bonchev–Trinajstić information content (AvgIpc) is 3.29. The number of fused-ring (bicyclic) bond motifs is 2. The summed E-state index contributed by atoms with van der Waals surface area (Å²) in [5.41, 5.74) is 4.42. The van der Waals surface area contributed by atoms with Crippen molar-refractivity contribution in [3.8, 4) is 5.75 Å². The Hall–Kier alpha value is -4.18. The molecule has 4 nitrogen and oxygen atoms in total. The minimum Gasteiger partial charge on any atom is -0.507 e. The summed E-state index contributed by atoms with van der Waals surface area (Å²) >= 11 is 0. The summed E-state index contributed by atoms with van der Waals surface area (Å²) < 4.78 is 6.25. The summed E-state index contributed by atoms with van der Waals surface area (Å²) in [7, 11) is 0. The van der Waals surface area contributed by atoms with Gasteiger partial charge < -0.3 is 9.84 Å². The maximum absolute atomic E-state index is 11.0. The van der Waals surface area contributed by atoms with Crippen LogP contribution in [0.3, 0.4) is 0 Å². The standard InChI is InChI=1S/C28H20N2O2/c31-24-16-15-18-9-7-8-14-21(18)25(24)22-17-23(19-10-3-1-4-11-19)29-28-26(22)30-27(32-28)20-12-5-2-6-13-20/h1-17,26,28,31H/t26-,28+/m1/s1. The van der Waals surface area contributed by atoms with Gasteiger partial charge in [0.2, 0.25) is 12.1 Å². The van der Waals surface area contributed by atoms with Gasteiger partial charge in [0.05, 0.1) is 5.71 Å². The molecule has 0 radical (unpaired) electrons. The van der Waals surface area contributed by atoms with E-state index < -0.39 is 6.23 Å². The van der Waals surface area contributed by atoms with Gasteiger partial charge in [0.1, 0.15) is 11.8 Å². The van der Waals surface area contributed by atoms with E-state index in [2.05, 4.69) is 6.07 Å². The number of dihydropyridines is 1. The number of phenols is 1. The van der Waals surface area contributed by atoms with Gasteiger partial charge in [-0.05, 0) is 46.2 Å². The quantitative estimate of drug-likeness (QED) is 0.472. The fourth-order valence-corrected chi connectivity index (χ4v) is 4.40. The molecule has 2 atom stereocenters. The predicted molar refractivity (Wildman–Crippen MR) is 128 cm³/mol. The Bertz CT molecular complexity index is 1410. The first-order valence-electron chi connectivity index (χ1n) is 10.6. The van der Waals surface area contributed by atoms with E-state index in [0.717, 1.165) is 38.7 Å². The third-order valence-electron chi connectivity index (χ3n) is 5.92.